The molecule has 0 bridgehead atoms. The maximum Gasteiger partial charge on any atom is 0.182 e. The van der Waals surface area contributed by atoms with E-state index in [0.29, 0.717) is 63.3 Å². The minimum absolute atomic E-state index is 0.462. The van der Waals surface area contributed by atoms with Crippen molar-refractivity contribution in [2.24, 2.45) is 0 Å². The zero-order chi connectivity index (χ0) is 44.2. The Morgan fingerprint density at radius 1 is 0.288 bits per heavy atom. The molecule has 0 saturated heterocycles. The number of pyridine rings is 4. The molecule has 0 amide bonds. The highest BCUT2D eigenvalue weighted by atomic mass is 15.1. The Morgan fingerprint density at radius 2 is 0.636 bits per heavy atom. The summed E-state index contributed by atoms with van der Waals surface area (Å²) >= 11 is 0. The monoisotopic (exact) mass is 847 g/mol. The van der Waals surface area contributed by atoms with Crippen molar-refractivity contribution in [2.75, 3.05) is 0 Å². The fourth-order valence-corrected chi connectivity index (χ4v) is 7.74. The van der Waals surface area contributed by atoms with E-state index in [-0.39, 0.29) is 0 Å². The van der Waals surface area contributed by atoms with Crippen molar-refractivity contribution in [3.8, 4) is 108 Å². The Hall–Kier alpha value is -9.53. The van der Waals surface area contributed by atoms with Crippen LogP contribution in [0.15, 0.2) is 201 Å². The maximum absolute atomic E-state index is 9.57. The van der Waals surface area contributed by atoms with E-state index in [1.807, 2.05) is 121 Å². The van der Waals surface area contributed by atoms with Crippen molar-refractivity contribution >= 4 is 10.8 Å². The van der Waals surface area contributed by atoms with Crippen molar-refractivity contribution in [1.29, 1.82) is 5.26 Å². The van der Waals surface area contributed by atoms with Crippen LogP contribution in [0, 0.1) is 11.3 Å². The van der Waals surface area contributed by atoms with Crippen LogP contribution in [-0.4, -0.2) is 49.8 Å². The standard InChI is InChI=1S/C55H33N11/c56-34-35-13-15-37(16-14-35)44-32-42-26-25-41(36-17-21-39(22-18-36)50-61-52(46-9-1-5-27-57-46)65-53(62-50)47-10-2-6-28-58-47)31-43(42)33-45(44)38-19-23-40(24-20-38)51-63-54(48-11-3-7-29-59-48)66-55(64-51)49-12-4-8-30-60-49/h1-33H. The Labute approximate surface area is 379 Å². The molecule has 5 aromatic carbocycles. The molecule has 0 aliphatic rings. The van der Waals surface area contributed by atoms with Gasteiger partial charge in [-0.1, -0.05) is 97.1 Å². The van der Waals surface area contributed by atoms with Gasteiger partial charge in [0.05, 0.1) is 11.6 Å². The third kappa shape index (κ3) is 8.01. The SMILES string of the molecule is N#Cc1ccc(-c2cc3ccc(-c4ccc(-c5nc(-c6ccccn6)nc(-c6ccccn6)n5)cc4)cc3cc2-c2ccc(-c3nc(-c4ccccn4)nc(-c4ccccn4)n3)cc2)cc1. The van der Waals surface area contributed by atoms with Crippen LogP contribution < -0.4 is 0 Å². The van der Waals surface area contributed by atoms with Gasteiger partial charge in [-0.2, -0.15) is 5.26 Å². The summed E-state index contributed by atoms with van der Waals surface area (Å²) < 4.78 is 0. The molecule has 308 valence electrons. The summed E-state index contributed by atoms with van der Waals surface area (Å²) in [5.41, 5.74) is 11.0. The maximum atomic E-state index is 9.57. The lowest BCUT2D eigenvalue weighted by molar-refractivity contribution is 1.05. The van der Waals surface area contributed by atoms with Crippen LogP contribution in [0.4, 0.5) is 0 Å². The molecule has 0 atom stereocenters. The summed E-state index contributed by atoms with van der Waals surface area (Å²) in [5.74, 6) is 2.91. The molecule has 0 unspecified atom stereocenters. The van der Waals surface area contributed by atoms with Crippen LogP contribution in [0.1, 0.15) is 5.56 Å². The Morgan fingerprint density at radius 3 is 1.03 bits per heavy atom. The topological polar surface area (TPSA) is 153 Å². The van der Waals surface area contributed by atoms with Gasteiger partial charge in [-0.05, 0) is 123 Å². The first-order chi connectivity index (χ1) is 32.6. The second-order valence-electron chi connectivity index (χ2n) is 15.3. The molecular formula is C55H33N11. The normalized spacial score (nSPS) is 11.0. The molecule has 11 heteroatoms. The first-order valence-corrected chi connectivity index (χ1v) is 21.1. The third-order valence-electron chi connectivity index (χ3n) is 11.1. The second kappa shape index (κ2) is 17.3. The van der Waals surface area contributed by atoms with E-state index in [4.69, 9.17) is 29.9 Å². The Kier molecular flexibility index (Phi) is 10.3. The van der Waals surface area contributed by atoms with Crippen LogP contribution in [0.3, 0.4) is 0 Å². The fourth-order valence-electron chi connectivity index (χ4n) is 7.74. The average molecular weight is 848 g/mol. The quantitative estimate of drug-likeness (QED) is 0.136. The van der Waals surface area contributed by atoms with Crippen molar-refractivity contribution in [1.82, 2.24) is 49.8 Å². The van der Waals surface area contributed by atoms with Gasteiger partial charge < -0.3 is 0 Å². The predicted octanol–water partition coefficient (Wildman–Crippen LogP) is 11.7. The van der Waals surface area contributed by atoms with E-state index in [9.17, 15) is 5.26 Å². The average Bonchev–Trinajstić information content (AvgIpc) is 3.41. The summed E-state index contributed by atoms with van der Waals surface area (Å²) in [5, 5.41) is 11.7. The lowest BCUT2D eigenvalue weighted by Crippen LogP contribution is -2.01. The number of fused-ring (bicyclic) bond motifs is 1. The van der Waals surface area contributed by atoms with Crippen LogP contribution in [-0.2, 0) is 0 Å². The number of hydrogen-bond donors (Lipinski definition) is 0. The molecule has 0 saturated carbocycles. The molecule has 11 aromatic rings. The highest BCUT2D eigenvalue weighted by Gasteiger charge is 2.17. The molecule has 6 aromatic heterocycles. The van der Waals surface area contributed by atoms with E-state index in [1.54, 1.807) is 24.8 Å². The van der Waals surface area contributed by atoms with Crippen LogP contribution in [0.25, 0.3) is 113 Å². The Bertz CT molecular complexity index is 3430. The molecule has 66 heavy (non-hydrogen) atoms. The number of nitrogens with zero attached hydrogens (tertiary/aromatic N) is 11. The molecule has 0 fully saturated rings. The fraction of sp³-hybridized carbons (Fsp3) is 0. The minimum atomic E-state index is 0.462. The molecule has 0 radical (unpaired) electrons. The number of hydrogen-bond acceptors (Lipinski definition) is 11. The van der Waals surface area contributed by atoms with Gasteiger partial charge in [-0.15, -0.1) is 0 Å². The molecular weight excluding hydrogens is 815 g/mol. The highest BCUT2D eigenvalue weighted by molar-refractivity contribution is 5.98. The summed E-state index contributed by atoms with van der Waals surface area (Å²) in [4.78, 5) is 46.9. The minimum Gasteiger partial charge on any atom is -0.253 e. The highest BCUT2D eigenvalue weighted by Crippen LogP contribution is 2.38. The molecule has 0 spiro atoms. The van der Waals surface area contributed by atoms with E-state index >= 15 is 0 Å². The third-order valence-corrected chi connectivity index (χ3v) is 11.1. The second-order valence-corrected chi connectivity index (χ2v) is 15.3. The summed E-state index contributed by atoms with van der Waals surface area (Å²) in [7, 11) is 0. The molecule has 0 N–H and O–H groups in total. The zero-order valence-corrected chi connectivity index (χ0v) is 35.0. The van der Waals surface area contributed by atoms with Crippen molar-refractivity contribution in [2.45, 2.75) is 0 Å². The van der Waals surface area contributed by atoms with Crippen molar-refractivity contribution in [3.63, 3.8) is 0 Å². The van der Waals surface area contributed by atoms with Crippen molar-refractivity contribution in [3.05, 3.63) is 206 Å². The number of benzene rings is 5. The molecule has 6 heterocycles. The first-order valence-electron chi connectivity index (χ1n) is 21.1. The first kappa shape index (κ1) is 39.3. The molecule has 0 aliphatic heterocycles. The van der Waals surface area contributed by atoms with Gasteiger partial charge in [-0.3, -0.25) is 19.9 Å². The van der Waals surface area contributed by atoms with Crippen molar-refractivity contribution < 1.29 is 0 Å². The number of nitriles is 1. The summed E-state index contributed by atoms with van der Waals surface area (Å²) in [6.07, 6.45) is 6.89. The van der Waals surface area contributed by atoms with Gasteiger partial charge >= 0.3 is 0 Å². The van der Waals surface area contributed by atoms with E-state index < -0.39 is 0 Å². The van der Waals surface area contributed by atoms with Gasteiger partial charge in [0.25, 0.3) is 0 Å². The van der Waals surface area contributed by atoms with Crippen LogP contribution in [0.5, 0.6) is 0 Å². The van der Waals surface area contributed by atoms with Crippen LogP contribution in [0.2, 0.25) is 0 Å². The van der Waals surface area contributed by atoms with Gasteiger partial charge in [-0.25, -0.2) is 29.9 Å². The van der Waals surface area contributed by atoms with E-state index in [0.717, 1.165) is 55.3 Å². The Balaban J connectivity index is 0.965. The van der Waals surface area contributed by atoms with Gasteiger partial charge in [0.2, 0.25) is 0 Å². The lowest BCUT2D eigenvalue weighted by Gasteiger charge is -2.15. The van der Waals surface area contributed by atoms with Crippen LogP contribution >= 0.6 is 0 Å². The smallest absolute Gasteiger partial charge is 0.182 e. The largest absolute Gasteiger partial charge is 0.253 e. The van der Waals surface area contributed by atoms with Gasteiger partial charge in [0.15, 0.2) is 34.9 Å². The number of rotatable bonds is 9. The molecule has 0 aliphatic carbocycles. The molecule has 11 nitrogen and oxygen atoms in total. The van der Waals surface area contributed by atoms with E-state index in [2.05, 4.69) is 80.6 Å². The zero-order valence-electron chi connectivity index (χ0n) is 35.0. The van der Waals surface area contributed by atoms with E-state index in [1.165, 1.54) is 0 Å². The predicted molar refractivity (Wildman–Crippen MR) is 256 cm³/mol. The molecule has 11 rings (SSSR count). The van der Waals surface area contributed by atoms with Gasteiger partial charge in [0, 0.05) is 35.9 Å². The number of aromatic nitrogens is 10. The van der Waals surface area contributed by atoms with Gasteiger partial charge in [0.1, 0.15) is 22.8 Å². The lowest BCUT2D eigenvalue weighted by atomic mass is 9.90. The summed E-state index contributed by atoms with van der Waals surface area (Å²) in [6, 6.07) is 60.0. The summed E-state index contributed by atoms with van der Waals surface area (Å²) in [6.45, 7) is 0.